The molecule has 1 aliphatic heterocycles. The second kappa shape index (κ2) is 6.40. The van der Waals surface area contributed by atoms with Crippen LogP contribution in [0.1, 0.15) is 38.5 Å². The number of cyclic esters (lactones) is 1. The minimum Gasteiger partial charge on any atom is -0.442 e. The molecule has 6 heteroatoms. The summed E-state index contributed by atoms with van der Waals surface area (Å²) in [7, 11) is 0. The van der Waals surface area contributed by atoms with Crippen molar-refractivity contribution in [2.45, 2.75) is 44.6 Å². The molecule has 6 rings (SSSR count). The number of ether oxygens (including phenoxy) is 1. The number of halogens is 1. The van der Waals surface area contributed by atoms with E-state index in [2.05, 4.69) is 5.32 Å². The van der Waals surface area contributed by atoms with Crippen LogP contribution in [-0.4, -0.2) is 31.2 Å². The SMILES string of the molecule is O=C1O[C@H](CNC(=O)C23CC4CC(CC(C4)C2)C3)CN1c1cccc(Cl)c1. The molecule has 5 aliphatic rings. The van der Waals surface area contributed by atoms with Crippen molar-refractivity contribution >= 4 is 29.3 Å². The molecule has 4 aliphatic carbocycles. The molecule has 5 nitrogen and oxygen atoms in total. The molecule has 1 N–H and O–H groups in total. The third kappa shape index (κ3) is 3.10. The van der Waals surface area contributed by atoms with Gasteiger partial charge in [0.25, 0.3) is 0 Å². The van der Waals surface area contributed by atoms with E-state index in [1.54, 1.807) is 17.0 Å². The van der Waals surface area contributed by atoms with E-state index >= 15 is 0 Å². The monoisotopic (exact) mass is 388 g/mol. The molecule has 0 aromatic heterocycles. The number of benzene rings is 1. The van der Waals surface area contributed by atoms with Crippen molar-refractivity contribution < 1.29 is 14.3 Å². The quantitative estimate of drug-likeness (QED) is 0.848. The van der Waals surface area contributed by atoms with Gasteiger partial charge in [0.15, 0.2) is 0 Å². The van der Waals surface area contributed by atoms with Gasteiger partial charge in [0.1, 0.15) is 6.10 Å². The van der Waals surface area contributed by atoms with Crippen LogP contribution in [0.4, 0.5) is 10.5 Å². The van der Waals surface area contributed by atoms with E-state index < -0.39 is 0 Å². The maximum absolute atomic E-state index is 13.0. The summed E-state index contributed by atoms with van der Waals surface area (Å²) in [6.07, 6.45) is 6.39. The normalized spacial score (nSPS) is 36.8. The van der Waals surface area contributed by atoms with Crippen molar-refractivity contribution in [2.24, 2.45) is 23.2 Å². The Hall–Kier alpha value is -1.75. The third-order valence-corrected chi connectivity index (χ3v) is 7.24. The molecule has 1 aromatic rings. The molecule has 4 bridgehead atoms. The maximum Gasteiger partial charge on any atom is 0.414 e. The van der Waals surface area contributed by atoms with E-state index in [0.717, 1.165) is 42.7 Å². The number of carbonyl (C=O) groups is 2. The molecule has 1 aromatic carbocycles. The first-order valence-corrected chi connectivity index (χ1v) is 10.4. The van der Waals surface area contributed by atoms with Gasteiger partial charge in [0, 0.05) is 16.1 Å². The lowest BCUT2D eigenvalue weighted by molar-refractivity contribution is -0.146. The summed E-state index contributed by atoms with van der Waals surface area (Å²) in [5.74, 6) is 2.40. The Kier molecular flexibility index (Phi) is 4.12. The highest BCUT2D eigenvalue weighted by molar-refractivity contribution is 6.30. The van der Waals surface area contributed by atoms with Crippen LogP contribution in [0.5, 0.6) is 0 Å². The number of nitrogens with zero attached hydrogens (tertiary/aromatic N) is 1. The summed E-state index contributed by atoms with van der Waals surface area (Å²) in [4.78, 5) is 26.8. The molecule has 144 valence electrons. The van der Waals surface area contributed by atoms with Crippen molar-refractivity contribution in [1.29, 1.82) is 0 Å². The highest BCUT2D eigenvalue weighted by Gasteiger charge is 2.54. The van der Waals surface area contributed by atoms with Crippen molar-refractivity contribution in [3.05, 3.63) is 29.3 Å². The molecule has 1 atom stereocenters. The third-order valence-electron chi connectivity index (χ3n) is 7.00. The van der Waals surface area contributed by atoms with E-state index in [0.29, 0.717) is 18.1 Å². The number of anilines is 1. The fourth-order valence-electron chi connectivity index (χ4n) is 6.27. The van der Waals surface area contributed by atoms with Gasteiger partial charge in [-0.15, -0.1) is 0 Å². The first-order chi connectivity index (χ1) is 13.0. The van der Waals surface area contributed by atoms with Crippen LogP contribution < -0.4 is 10.2 Å². The van der Waals surface area contributed by atoms with Gasteiger partial charge >= 0.3 is 6.09 Å². The van der Waals surface area contributed by atoms with Gasteiger partial charge in [-0.25, -0.2) is 4.79 Å². The Morgan fingerprint density at radius 2 is 1.85 bits per heavy atom. The van der Waals surface area contributed by atoms with Crippen LogP contribution in [0.25, 0.3) is 0 Å². The molecular formula is C21H25ClN2O3. The molecule has 4 saturated carbocycles. The van der Waals surface area contributed by atoms with Crippen molar-refractivity contribution in [3.8, 4) is 0 Å². The fraction of sp³-hybridized carbons (Fsp3) is 0.619. The molecule has 5 fully saturated rings. The lowest BCUT2D eigenvalue weighted by atomic mass is 9.49. The lowest BCUT2D eigenvalue weighted by Crippen LogP contribution is -2.54. The molecule has 27 heavy (non-hydrogen) atoms. The van der Waals surface area contributed by atoms with E-state index in [4.69, 9.17) is 16.3 Å². The van der Waals surface area contributed by atoms with Gasteiger partial charge in [0.05, 0.1) is 13.1 Å². The summed E-state index contributed by atoms with van der Waals surface area (Å²) >= 11 is 6.02. The standard InChI is InChI=1S/C21H25ClN2O3/c22-16-2-1-3-17(7-16)24-12-18(27-20(24)26)11-23-19(25)21-8-13-4-14(9-21)6-15(5-13)10-21/h1-3,7,13-15,18H,4-6,8-12H2,(H,23,25)/t13?,14?,15?,18-,21?/m1/s1. The lowest BCUT2D eigenvalue weighted by Gasteiger charge is -2.55. The minimum atomic E-state index is -0.383. The van der Waals surface area contributed by atoms with Gasteiger partial charge in [-0.1, -0.05) is 17.7 Å². The summed E-state index contributed by atoms with van der Waals surface area (Å²) in [5, 5.41) is 3.70. The van der Waals surface area contributed by atoms with Crippen molar-refractivity contribution in [2.75, 3.05) is 18.0 Å². The number of amides is 2. The molecule has 0 spiro atoms. The highest BCUT2D eigenvalue weighted by atomic mass is 35.5. The predicted molar refractivity (Wildman–Crippen MR) is 103 cm³/mol. The smallest absolute Gasteiger partial charge is 0.414 e. The van der Waals surface area contributed by atoms with E-state index in [1.165, 1.54) is 19.3 Å². The van der Waals surface area contributed by atoms with E-state index in [-0.39, 0.29) is 23.5 Å². The maximum atomic E-state index is 13.0. The van der Waals surface area contributed by atoms with E-state index in [9.17, 15) is 9.59 Å². The Morgan fingerprint density at radius 3 is 2.48 bits per heavy atom. The second-order valence-corrected chi connectivity index (χ2v) is 9.44. The number of nitrogens with one attached hydrogen (secondary N) is 1. The molecule has 2 amide bonds. The molecular weight excluding hydrogens is 364 g/mol. The number of carbonyl (C=O) groups excluding carboxylic acids is 2. The Bertz CT molecular complexity index is 745. The highest BCUT2D eigenvalue weighted by Crippen LogP contribution is 2.60. The number of rotatable bonds is 4. The van der Waals surface area contributed by atoms with Crippen LogP contribution in [0, 0.1) is 23.2 Å². The minimum absolute atomic E-state index is 0.163. The van der Waals surface area contributed by atoms with Crippen LogP contribution in [-0.2, 0) is 9.53 Å². The first-order valence-electron chi connectivity index (χ1n) is 10.0. The van der Waals surface area contributed by atoms with Gasteiger partial charge in [0.2, 0.25) is 5.91 Å². The average molecular weight is 389 g/mol. The summed E-state index contributed by atoms with van der Waals surface area (Å²) in [5.41, 5.74) is 0.562. The second-order valence-electron chi connectivity index (χ2n) is 9.00. The van der Waals surface area contributed by atoms with Crippen molar-refractivity contribution in [3.63, 3.8) is 0 Å². The predicted octanol–water partition coefficient (Wildman–Crippen LogP) is 4.00. The van der Waals surface area contributed by atoms with Gasteiger partial charge in [-0.2, -0.15) is 0 Å². The van der Waals surface area contributed by atoms with Gasteiger partial charge in [-0.05, 0) is 74.5 Å². The molecule has 1 heterocycles. The zero-order valence-electron chi connectivity index (χ0n) is 15.3. The van der Waals surface area contributed by atoms with Gasteiger partial charge in [-0.3, -0.25) is 9.69 Å². The molecule has 0 unspecified atom stereocenters. The van der Waals surface area contributed by atoms with Crippen LogP contribution in [0.3, 0.4) is 0 Å². The number of hydrogen-bond acceptors (Lipinski definition) is 3. The Balaban J connectivity index is 1.21. The number of hydrogen-bond donors (Lipinski definition) is 1. The zero-order valence-corrected chi connectivity index (χ0v) is 16.1. The fourth-order valence-corrected chi connectivity index (χ4v) is 6.45. The first kappa shape index (κ1) is 17.4. The van der Waals surface area contributed by atoms with Crippen LogP contribution >= 0.6 is 11.6 Å². The zero-order chi connectivity index (χ0) is 18.6. The largest absolute Gasteiger partial charge is 0.442 e. The molecule has 1 saturated heterocycles. The van der Waals surface area contributed by atoms with Crippen LogP contribution in [0.2, 0.25) is 5.02 Å². The molecule has 0 radical (unpaired) electrons. The van der Waals surface area contributed by atoms with Crippen molar-refractivity contribution in [1.82, 2.24) is 5.32 Å². The van der Waals surface area contributed by atoms with E-state index in [1.807, 2.05) is 12.1 Å². The summed E-state index contributed by atoms with van der Waals surface area (Å²) < 4.78 is 5.47. The summed E-state index contributed by atoms with van der Waals surface area (Å²) in [6, 6.07) is 7.17. The average Bonchev–Trinajstić information content (AvgIpc) is 2.99. The van der Waals surface area contributed by atoms with Gasteiger partial charge < -0.3 is 10.1 Å². The Morgan fingerprint density at radius 1 is 1.19 bits per heavy atom. The topological polar surface area (TPSA) is 58.6 Å². The van der Waals surface area contributed by atoms with Crippen LogP contribution in [0.15, 0.2) is 24.3 Å². The summed E-state index contributed by atoms with van der Waals surface area (Å²) in [6.45, 7) is 0.809. The Labute approximate surface area is 164 Å².